The molecule has 0 aliphatic carbocycles. The predicted molar refractivity (Wildman–Crippen MR) is 59.2 cm³/mol. The topological polar surface area (TPSA) is 12.9 Å². The van der Waals surface area contributed by atoms with E-state index in [9.17, 15) is 13.2 Å². The van der Waals surface area contributed by atoms with E-state index in [1.807, 2.05) is 0 Å². The molecule has 0 saturated heterocycles. The number of hydrogen-bond donors (Lipinski definition) is 0. The third-order valence-corrected chi connectivity index (χ3v) is 2.82. The number of rotatable bonds is 0. The fourth-order valence-corrected chi connectivity index (χ4v) is 2.02. The number of halogens is 4. The summed E-state index contributed by atoms with van der Waals surface area (Å²) in [5, 5.41) is 0.479. The summed E-state index contributed by atoms with van der Waals surface area (Å²) < 4.78 is 38.0. The zero-order valence-corrected chi connectivity index (χ0v) is 9.85. The van der Waals surface area contributed by atoms with Gasteiger partial charge in [0.05, 0.1) is 11.1 Å². The van der Waals surface area contributed by atoms with Gasteiger partial charge < -0.3 is 0 Å². The third kappa shape index (κ3) is 2.04. The summed E-state index contributed by atoms with van der Waals surface area (Å²) in [6.07, 6.45) is -4.33. The fourth-order valence-electron chi connectivity index (χ4n) is 1.45. The van der Waals surface area contributed by atoms with Crippen LogP contribution in [0.5, 0.6) is 0 Å². The summed E-state index contributed by atoms with van der Waals surface area (Å²) in [5.74, 6) is 0. The van der Waals surface area contributed by atoms with Gasteiger partial charge in [-0.3, -0.25) is 4.98 Å². The Bertz CT molecular complexity index is 549. The molecule has 0 spiro atoms. The Kier molecular flexibility index (Phi) is 2.66. The lowest BCUT2D eigenvalue weighted by Gasteiger charge is -2.09. The van der Waals surface area contributed by atoms with Gasteiger partial charge in [-0.2, -0.15) is 13.2 Å². The Balaban J connectivity index is 2.74. The maximum absolute atomic E-state index is 12.5. The molecule has 1 nitrogen and oxygen atoms in total. The van der Waals surface area contributed by atoms with Gasteiger partial charge >= 0.3 is 6.18 Å². The summed E-state index contributed by atoms with van der Waals surface area (Å²) >= 11 is 3.11. The van der Waals surface area contributed by atoms with Crippen LogP contribution in [0.4, 0.5) is 13.2 Å². The number of alkyl halides is 3. The lowest BCUT2D eigenvalue weighted by Crippen LogP contribution is -2.05. The molecule has 0 amide bonds. The minimum Gasteiger partial charge on any atom is -0.252 e. The number of benzene rings is 1. The molecular formula is C11H7BrF3N. The van der Waals surface area contributed by atoms with Gasteiger partial charge in [-0.15, -0.1) is 0 Å². The third-order valence-electron chi connectivity index (χ3n) is 2.21. The van der Waals surface area contributed by atoms with Gasteiger partial charge in [0.15, 0.2) is 0 Å². The quantitative estimate of drug-likeness (QED) is 0.704. The standard InChI is InChI=1S/C11H7BrF3N/c1-6-2-3-7-4-8(11(13,14)15)5-9(12)10(7)16-6/h2-5H,1H3. The van der Waals surface area contributed by atoms with Crippen LogP contribution in [0, 0.1) is 6.92 Å². The normalized spacial score (nSPS) is 12.1. The van der Waals surface area contributed by atoms with E-state index in [0.29, 0.717) is 15.4 Å². The average molecular weight is 290 g/mol. The molecule has 1 heterocycles. The van der Waals surface area contributed by atoms with E-state index in [-0.39, 0.29) is 0 Å². The van der Waals surface area contributed by atoms with E-state index in [1.54, 1.807) is 19.1 Å². The summed E-state index contributed by atoms with van der Waals surface area (Å²) in [6.45, 7) is 1.80. The molecular weight excluding hydrogens is 283 g/mol. The first-order chi connectivity index (χ1) is 7.38. The first kappa shape index (κ1) is 11.4. The molecule has 0 atom stereocenters. The summed E-state index contributed by atoms with van der Waals surface area (Å²) in [7, 11) is 0. The first-order valence-electron chi connectivity index (χ1n) is 4.52. The summed E-state index contributed by atoms with van der Waals surface area (Å²) in [4.78, 5) is 4.18. The van der Waals surface area contributed by atoms with E-state index in [0.717, 1.165) is 17.8 Å². The molecule has 2 aromatic rings. The average Bonchev–Trinajstić information content (AvgIpc) is 2.17. The molecule has 1 aromatic heterocycles. The lowest BCUT2D eigenvalue weighted by molar-refractivity contribution is -0.137. The smallest absolute Gasteiger partial charge is 0.252 e. The van der Waals surface area contributed by atoms with Crippen LogP contribution in [-0.4, -0.2) is 4.98 Å². The van der Waals surface area contributed by atoms with Crippen molar-refractivity contribution in [3.05, 3.63) is 40.0 Å². The predicted octanol–water partition coefficient (Wildman–Crippen LogP) is 4.32. The summed E-state index contributed by atoms with van der Waals surface area (Å²) in [5.41, 5.74) is 0.651. The Labute approximate surface area is 98.4 Å². The number of nitrogens with zero attached hydrogens (tertiary/aromatic N) is 1. The largest absolute Gasteiger partial charge is 0.416 e. The van der Waals surface area contributed by atoms with Crippen molar-refractivity contribution in [2.45, 2.75) is 13.1 Å². The van der Waals surface area contributed by atoms with E-state index in [4.69, 9.17) is 0 Å². The van der Waals surface area contributed by atoms with Gasteiger partial charge in [0.1, 0.15) is 0 Å². The van der Waals surface area contributed by atoms with Gasteiger partial charge in [0.2, 0.25) is 0 Å². The molecule has 2 rings (SSSR count). The van der Waals surface area contributed by atoms with Gasteiger partial charge in [-0.25, -0.2) is 0 Å². The Morgan fingerprint density at radius 2 is 1.88 bits per heavy atom. The van der Waals surface area contributed by atoms with Crippen molar-refractivity contribution in [1.82, 2.24) is 4.98 Å². The van der Waals surface area contributed by atoms with Gasteiger partial charge in [-0.05, 0) is 41.1 Å². The lowest BCUT2D eigenvalue weighted by atomic mass is 10.1. The Hall–Kier alpha value is -1.10. The molecule has 5 heteroatoms. The first-order valence-corrected chi connectivity index (χ1v) is 5.31. The van der Waals surface area contributed by atoms with Crippen molar-refractivity contribution in [1.29, 1.82) is 0 Å². The van der Waals surface area contributed by atoms with Crippen LogP contribution < -0.4 is 0 Å². The number of aryl methyl sites for hydroxylation is 1. The van der Waals surface area contributed by atoms with Crippen LogP contribution in [0.15, 0.2) is 28.7 Å². The van der Waals surface area contributed by atoms with Crippen molar-refractivity contribution < 1.29 is 13.2 Å². The van der Waals surface area contributed by atoms with Gasteiger partial charge in [0, 0.05) is 15.6 Å². The maximum atomic E-state index is 12.5. The Morgan fingerprint density at radius 1 is 1.19 bits per heavy atom. The molecule has 0 radical (unpaired) electrons. The van der Waals surface area contributed by atoms with Gasteiger partial charge in [-0.1, -0.05) is 6.07 Å². The number of pyridine rings is 1. The van der Waals surface area contributed by atoms with Crippen LogP contribution in [0.2, 0.25) is 0 Å². The molecule has 0 saturated carbocycles. The van der Waals surface area contributed by atoms with E-state index >= 15 is 0 Å². The minimum atomic E-state index is -4.33. The zero-order chi connectivity index (χ0) is 11.9. The highest BCUT2D eigenvalue weighted by atomic mass is 79.9. The van der Waals surface area contributed by atoms with E-state index in [1.165, 1.54) is 0 Å². The van der Waals surface area contributed by atoms with E-state index in [2.05, 4.69) is 20.9 Å². The highest BCUT2D eigenvalue weighted by Gasteiger charge is 2.31. The molecule has 0 unspecified atom stereocenters. The minimum absolute atomic E-state index is 0.362. The van der Waals surface area contributed by atoms with Crippen molar-refractivity contribution >= 4 is 26.8 Å². The zero-order valence-electron chi connectivity index (χ0n) is 8.27. The molecule has 0 aliphatic heterocycles. The maximum Gasteiger partial charge on any atom is 0.416 e. The number of aromatic nitrogens is 1. The second-order valence-corrected chi connectivity index (χ2v) is 4.33. The number of hydrogen-bond acceptors (Lipinski definition) is 1. The SMILES string of the molecule is Cc1ccc2cc(C(F)(F)F)cc(Br)c2n1. The molecule has 16 heavy (non-hydrogen) atoms. The fraction of sp³-hybridized carbons (Fsp3) is 0.182. The van der Waals surface area contributed by atoms with Crippen molar-refractivity contribution in [3.8, 4) is 0 Å². The van der Waals surface area contributed by atoms with Gasteiger partial charge in [0.25, 0.3) is 0 Å². The molecule has 0 fully saturated rings. The number of fused-ring (bicyclic) bond motifs is 1. The van der Waals surface area contributed by atoms with Crippen molar-refractivity contribution in [2.75, 3.05) is 0 Å². The molecule has 84 valence electrons. The second kappa shape index (κ2) is 3.73. The molecule has 1 aromatic carbocycles. The molecule has 0 aliphatic rings. The molecule has 0 N–H and O–H groups in total. The summed E-state index contributed by atoms with van der Waals surface area (Å²) in [6, 6.07) is 5.48. The van der Waals surface area contributed by atoms with Crippen LogP contribution in [0.25, 0.3) is 10.9 Å². The van der Waals surface area contributed by atoms with Crippen LogP contribution in [-0.2, 0) is 6.18 Å². The molecule has 0 bridgehead atoms. The van der Waals surface area contributed by atoms with Crippen LogP contribution >= 0.6 is 15.9 Å². The van der Waals surface area contributed by atoms with Crippen molar-refractivity contribution in [2.24, 2.45) is 0 Å². The van der Waals surface area contributed by atoms with Crippen LogP contribution in [0.1, 0.15) is 11.3 Å². The highest BCUT2D eigenvalue weighted by Crippen LogP contribution is 2.34. The van der Waals surface area contributed by atoms with E-state index < -0.39 is 11.7 Å². The van der Waals surface area contributed by atoms with Crippen LogP contribution in [0.3, 0.4) is 0 Å². The monoisotopic (exact) mass is 289 g/mol. The second-order valence-electron chi connectivity index (χ2n) is 3.48. The van der Waals surface area contributed by atoms with Crippen molar-refractivity contribution in [3.63, 3.8) is 0 Å². The highest BCUT2D eigenvalue weighted by molar-refractivity contribution is 9.10. The Morgan fingerprint density at radius 3 is 2.50 bits per heavy atom.